The molecule has 0 aliphatic heterocycles. The molecule has 0 atom stereocenters. The molecule has 3 aromatic rings. The van der Waals surface area contributed by atoms with Gasteiger partial charge in [-0.15, -0.1) is 0 Å². The molecule has 0 spiro atoms. The summed E-state index contributed by atoms with van der Waals surface area (Å²) in [5.41, 5.74) is 3.75. The number of amides is 1. The fourth-order valence-electron chi connectivity index (χ4n) is 2.93. The number of ether oxygens (including phenoxy) is 2. The van der Waals surface area contributed by atoms with Crippen molar-refractivity contribution in [1.29, 1.82) is 0 Å². The summed E-state index contributed by atoms with van der Waals surface area (Å²) in [5, 5.41) is 2.82. The monoisotopic (exact) mass is 375 g/mol. The van der Waals surface area contributed by atoms with Crippen molar-refractivity contribution in [2.24, 2.45) is 0 Å². The normalized spacial score (nSPS) is 10.4. The van der Waals surface area contributed by atoms with Crippen molar-refractivity contribution in [3.05, 3.63) is 83.9 Å². The van der Waals surface area contributed by atoms with Crippen molar-refractivity contribution in [2.45, 2.75) is 20.5 Å². The first kappa shape index (κ1) is 19.5. The lowest BCUT2D eigenvalue weighted by molar-refractivity contribution is 0.0955. The number of nitrogens with one attached hydrogen (secondary N) is 1. The Labute approximate surface area is 166 Å². The molecule has 0 heterocycles. The molecular weight excluding hydrogens is 350 g/mol. The first-order valence-corrected chi connectivity index (χ1v) is 9.53. The molecule has 0 aromatic heterocycles. The lowest BCUT2D eigenvalue weighted by atomic mass is 10.1. The second kappa shape index (κ2) is 9.60. The predicted molar refractivity (Wildman–Crippen MR) is 112 cm³/mol. The van der Waals surface area contributed by atoms with Crippen LogP contribution < -0.4 is 14.8 Å². The van der Waals surface area contributed by atoms with Gasteiger partial charge in [-0.3, -0.25) is 4.79 Å². The van der Waals surface area contributed by atoms with Gasteiger partial charge in [0.05, 0.1) is 6.61 Å². The van der Waals surface area contributed by atoms with Gasteiger partial charge in [0.15, 0.2) is 0 Å². The maximum Gasteiger partial charge on any atom is 0.251 e. The van der Waals surface area contributed by atoms with Gasteiger partial charge in [0.2, 0.25) is 0 Å². The lowest BCUT2D eigenvalue weighted by Gasteiger charge is -2.13. The third kappa shape index (κ3) is 4.92. The fraction of sp³-hybridized carbons (Fsp3) is 0.208. The van der Waals surface area contributed by atoms with E-state index in [0.29, 0.717) is 25.3 Å². The number of hydrogen-bond donors (Lipinski definition) is 1. The average Bonchev–Trinajstić information content (AvgIpc) is 2.74. The average molecular weight is 375 g/mol. The highest BCUT2D eigenvalue weighted by Gasteiger charge is 2.11. The van der Waals surface area contributed by atoms with Gasteiger partial charge in [0, 0.05) is 17.7 Å². The summed E-state index contributed by atoms with van der Waals surface area (Å²) in [4.78, 5) is 12.1. The predicted octanol–water partition coefficient (Wildman–Crippen LogP) is 5.08. The molecule has 4 heteroatoms. The summed E-state index contributed by atoms with van der Waals surface area (Å²) < 4.78 is 11.6. The summed E-state index contributed by atoms with van der Waals surface area (Å²) in [7, 11) is 0. The minimum Gasteiger partial charge on any atom is -0.493 e. The molecule has 3 rings (SSSR count). The van der Waals surface area contributed by atoms with Crippen molar-refractivity contribution in [3.8, 4) is 22.6 Å². The minimum atomic E-state index is -0.0981. The Morgan fingerprint density at radius 3 is 2.25 bits per heavy atom. The minimum absolute atomic E-state index is 0.0981. The number of benzene rings is 3. The molecule has 28 heavy (non-hydrogen) atoms. The summed E-state index contributed by atoms with van der Waals surface area (Å²) in [6.07, 6.45) is 0. The smallest absolute Gasteiger partial charge is 0.251 e. The molecule has 0 saturated carbocycles. The van der Waals surface area contributed by atoms with Crippen LogP contribution in [0.5, 0.6) is 11.5 Å². The van der Waals surface area contributed by atoms with Crippen LogP contribution in [0.2, 0.25) is 0 Å². The van der Waals surface area contributed by atoms with E-state index in [1.807, 2.05) is 68.4 Å². The zero-order valence-corrected chi connectivity index (χ0v) is 16.3. The maximum atomic E-state index is 12.1. The molecule has 1 N–H and O–H groups in total. The standard InChI is InChI=1S/C24H25NO3/c1-3-25-24(26)20-12-15-23(27-4-2)21(16-20)17-28-22-13-10-19(11-14-22)18-8-6-5-7-9-18/h5-16H,3-4,17H2,1-2H3,(H,25,26). The van der Waals surface area contributed by atoms with E-state index in [2.05, 4.69) is 17.4 Å². The third-order valence-electron chi connectivity index (χ3n) is 4.32. The van der Waals surface area contributed by atoms with Crippen LogP contribution in [0, 0.1) is 0 Å². The summed E-state index contributed by atoms with van der Waals surface area (Å²) in [6.45, 7) is 5.30. The quantitative estimate of drug-likeness (QED) is 0.597. The lowest BCUT2D eigenvalue weighted by Crippen LogP contribution is -2.22. The van der Waals surface area contributed by atoms with Crippen LogP contribution in [-0.4, -0.2) is 19.1 Å². The first-order valence-electron chi connectivity index (χ1n) is 9.53. The van der Waals surface area contributed by atoms with Crippen molar-refractivity contribution >= 4 is 5.91 Å². The number of carbonyl (C=O) groups excluding carboxylic acids is 1. The van der Waals surface area contributed by atoms with Crippen LogP contribution in [0.4, 0.5) is 0 Å². The van der Waals surface area contributed by atoms with Gasteiger partial charge >= 0.3 is 0 Å². The van der Waals surface area contributed by atoms with Crippen molar-refractivity contribution in [2.75, 3.05) is 13.2 Å². The molecule has 0 fully saturated rings. The van der Waals surface area contributed by atoms with E-state index in [4.69, 9.17) is 9.47 Å². The molecule has 144 valence electrons. The van der Waals surface area contributed by atoms with Crippen LogP contribution >= 0.6 is 0 Å². The summed E-state index contributed by atoms with van der Waals surface area (Å²) >= 11 is 0. The number of rotatable bonds is 8. The topological polar surface area (TPSA) is 47.6 Å². The highest BCUT2D eigenvalue weighted by atomic mass is 16.5. The highest BCUT2D eigenvalue weighted by molar-refractivity contribution is 5.94. The van der Waals surface area contributed by atoms with E-state index < -0.39 is 0 Å². The number of hydrogen-bond acceptors (Lipinski definition) is 3. The molecule has 0 aliphatic rings. The molecule has 0 radical (unpaired) electrons. The molecule has 1 amide bonds. The number of carbonyl (C=O) groups is 1. The largest absolute Gasteiger partial charge is 0.493 e. The zero-order valence-electron chi connectivity index (χ0n) is 16.3. The van der Waals surface area contributed by atoms with E-state index in [1.165, 1.54) is 5.56 Å². The van der Waals surface area contributed by atoms with Gasteiger partial charge in [0.25, 0.3) is 5.91 Å². The van der Waals surface area contributed by atoms with Gasteiger partial charge < -0.3 is 14.8 Å². The van der Waals surface area contributed by atoms with Crippen LogP contribution in [0.15, 0.2) is 72.8 Å². The summed E-state index contributed by atoms with van der Waals surface area (Å²) in [6, 6.07) is 23.6. The Balaban J connectivity index is 1.73. The van der Waals surface area contributed by atoms with Crippen LogP contribution in [0.1, 0.15) is 29.8 Å². The van der Waals surface area contributed by atoms with Gasteiger partial charge in [-0.2, -0.15) is 0 Å². The second-order valence-electron chi connectivity index (χ2n) is 6.29. The van der Waals surface area contributed by atoms with Crippen molar-refractivity contribution in [1.82, 2.24) is 5.32 Å². The molecule has 0 aliphatic carbocycles. The molecule has 4 nitrogen and oxygen atoms in total. The Morgan fingerprint density at radius 2 is 1.57 bits per heavy atom. The van der Waals surface area contributed by atoms with Crippen molar-refractivity contribution < 1.29 is 14.3 Å². The molecule has 3 aromatic carbocycles. The van der Waals surface area contributed by atoms with Crippen LogP contribution in [0.25, 0.3) is 11.1 Å². The fourth-order valence-corrected chi connectivity index (χ4v) is 2.93. The van der Waals surface area contributed by atoms with Gasteiger partial charge in [0.1, 0.15) is 18.1 Å². The van der Waals surface area contributed by atoms with Gasteiger partial charge in [-0.05, 0) is 55.3 Å². The molecule has 0 saturated heterocycles. The van der Waals surface area contributed by atoms with E-state index in [-0.39, 0.29) is 5.91 Å². The highest BCUT2D eigenvalue weighted by Crippen LogP contribution is 2.25. The van der Waals surface area contributed by atoms with Crippen LogP contribution in [0.3, 0.4) is 0 Å². The third-order valence-corrected chi connectivity index (χ3v) is 4.32. The van der Waals surface area contributed by atoms with E-state index in [9.17, 15) is 4.79 Å². The van der Waals surface area contributed by atoms with E-state index in [1.54, 1.807) is 6.07 Å². The van der Waals surface area contributed by atoms with Crippen LogP contribution in [-0.2, 0) is 6.61 Å². The Hall–Kier alpha value is -3.27. The van der Waals surface area contributed by atoms with Gasteiger partial charge in [-0.25, -0.2) is 0 Å². The Morgan fingerprint density at radius 1 is 0.857 bits per heavy atom. The summed E-state index contributed by atoms with van der Waals surface area (Å²) in [5.74, 6) is 1.40. The second-order valence-corrected chi connectivity index (χ2v) is 6.29. The molecule has 0 unspecified atom stereocenters. The first-order chi connectivity index (χ1) is 13.7. The maximum absolute atomic E-state index is 12.1. The van der Waals surface area contributed by atoms with Gasteiger partial charge in [-0.1, -0.05) is 42.5 Å². The van der Waals surface area contributed by atoms with Crippen molar-refractivity contribution in [3.63, 3.8) is 0 Å². The molecule has 0 bridgehead atoms. The Bertz CT molecular complexity index is 905. The molecular formula is C24H25NO3. The SMILES string of the molecule is CCNC(=O)c1ccc(OCC)c(COc2ccc(-c3ccccc3)cc2)c1. The van der Waals surface area contributed by atoms with E-state index in [0.717, 1.165) is 22.6 Å². The zero-order chi connectivity index (χ0) is 19.8. The van der Waals surface area contributed by atoms with E-state index >= 15 is 0 Å². The Kier molecular flexibility index (Phi) is 6.68.